The van der Waals surface area contributed by atoms with Gasteiger partial charge in [-0.15, -0.1) is 0 Å². The molecule has 0 saturated heterocycles. The van der Waals surface area contributed by atoms with E-state index in [-0.39, 0.29) is 22.7 Å². The maximum absolute atomic E-state index is 14.2. The number of hydrazine groups is 1. The highest BCUT2D eigenvalue weighted by atomic mass is 19.4. The van der Waals surface area contributed by atoms with Crippen LogP contribution in [0.4, 0.5) is 22.0 Å². The Morgan fingerprint density at radius 3 is 2.41 bits per heavy atom. The molecule has 3 heterocycles. The summed E-state index contributed by atoms with van der Waals surface area (Å²) in [5, 5.41) is -0.397. The van der Waals surface area contributed by atoms with Crippen molar-refractivity contribution in [2.75, 3.05) is 0 Å². The van der Waals surface area contributed by atoms with Gasteiger partial charge in [0.2, 0.25) is 0 Å². The zero-order chi connectivity index (χ0) is 20.1. The van der Waals surface area contributed by atoms with E-state index in [4.69, 9.17) is 5.84 Å². The number of rotatable bonds is 3. The largest absolute Gasteiger partial charge is 0.458 e. The Kier molecular flexibility index (Phi) is 4.29. The van der Waals surface area contributed by atoms with E-state index in [0.29, 0.717) is 0 Å². The summed E-state index contributed by atoms with van der Waals surface area (Å²) in [5.74, 6) is -1.19. The number of halogens is 5. The van der Waals surface area contributed by atoms with E-state index >= 15 is 0 Å². The summed E-state index contributed by atoms with van der Waals surface area (Å²) in [7, 11) is 0. The molecule has 0 aliphatic carbocycles. The van der Waals surface area contributed by atoms with Gasteiger partial charge in [0.05, 0.1) is 0 Å². The van der Waals surface area contributed by atoms with Crippen molar-refractivity contribution in [2.45, 2.75) is 31.9 Å². The molecule has 0 spiro atoms. The molecule has 144 valence electrons. The maximum atomic E-state index is 14.2. The highest BCUT2D eigenvalue weighted by molar-refractivity contribution is 5.93. The van der Waals surface area contributed by atoms with E-state index in [0.717, 1.165) is 12.1 Å². The number of amides is 1. The van der Waals surface area contributed by atoms with Crippen molar-refractivity contribution in [3.63, 3.8) is 0 Å². The summed E-state index contributed by atoms with van der Waals surface area (Å²) < 4.78 is 68.5. The highest BCUT2D eigenvalue weighted by Crippen LogP contribution is 2.46. The summed E-state index contributed by atoms with van der Waals surface area (Å²) in [4.78, 5) is 19.8. The Balaban J connectivity index is 2.42. The second-order valence-corrected chi connectivity index (χ2v) is 6.22. The van der Waals surface area contributed by atoms with Gasteiger partial charge in [0, 0.05) is 22.8 Å². The van der Waals surface area contributed by atoms with Crippen LogP contribution >= 0.6 is 0 Å². The number of carbonyl (C=O) groups excluding carboxylic acids is 1. The summed E-state index contributed by atoms with van der Waals surface area (Å²) in [6.07, 6.45) is -4.60. The molecule has 11 heteroatoms. The van der Waals surface area contributed by atoms with Crippen LogP contribution in [0.5, 0.6) is 0 Å². The Labute approximate surface area is 149 Å². The van der Waals surface area contributed by atoms with Crippen LogP contribution in [0.25, 0.3) is 16.7 Å². The zero-order valence-corrected chi connectivity index (χ0v) is 14.1. The van der Waals surface area contributed by atoms with Crippen molar-refractivity contribution < 1.29 is 26.7 Å². The predicted octanol–water partition coefficient (Wildman–Crippen LogP) is 3.26. The molecule has 3 rings (SSSR count). The lowest BCUT2D eigenvalue weighted by atomic mass is 9.99. The SMILES string of the molecule is CC(C)c1cc(C(F)(F)C(F)(F)F)c2ccc3nc(C(=O)NN)cn3c2n1. The van der Waals surface area contributed by atoms with Crippen molar-refractivity contribution in [1.82, 2.24) is 19.8 Å². The summed E-state index contributed by atoms with van der Waals surface area (Å²) in [5.41, 5.74) is 0.565. The smallest absolute Gasteiger partial charge is 0.289 e. The lowest BCUT2D eigenvalue weighted by Gasteiger charge is -2.22. The molecule has 0 aromatic carbocycles. The van der Waals surface area contributed by atoms with Crippen LogP contribution in [-0.2, 0) is 5.92 Å². The Morgan fingerprint density at radius 2 is 1.85 bits per heavy atom. The minimum Gasteiger partial charge on any atom is -0.289 e. The first-order chi connectivity index (χ1) is 12.5. The van der Waals surface area contributed by atoms with Crippen molar-refractivity contribution in [1.29, 1.82) is 0 Å². The summed E-state index contributed by atoms with van der Waals surface area (Å²) >= 11 is 0. The second kappa shape index (κ2) is 6.12. The van der Waals surface area contributed by atoms with Crippen LogP contribution in [0.1, 0.15) is 41.5 Å². The Hall–Kier alpha value is -2.82. The van der Waals surface area contributed by atoms with Crippen LogP contribution in [-0.4, -0.2) is 26.5 Å². The molecule has 3 N–H and O–H groups in total. The van der Waals surface area contributed by atoms with E-state index in [9.17, 15) is 26.7 Å². The molecule has 0 bridgehead atoms. The number of carbonyl (C=O) groups is 1. The minimum absolute atomic E-state index is 0.0486. The molecule has 0 fully saturated rings. The minimum atomic E-state index is -5.77. The van der Waals surface area contributed by atoms with Gasteiger partial charge in [0.25, 0.3) is 5.91 Å². The average molecular weight is 387 g/mol. The van der Waals surface area contributed by atoms with Crippen molar-refractivity contribution in [3.05, 3.63) is 41.3 Å². The lowest BCUT2D eigenvalue weighted by Crippen LogP contribution is -2.34. The standard InChI is InChI=1S/C16H14F5N5O/c1-7(2)10-5-9(15(17,18)16(19,20)21)8-3-4-12-23-11(14(27)25-22)6-26(12)13(8)24-10/h3-7H,22H2,1-2H3,(H,25,27). The Morgan fingerprint density at radius 1 is 1.19 bits per heavy atom. The predicted molar refractivity (Wildman–Crippen MR) is 86.2 cm³/mol. The van der Waals surface area contributed by atoms with Crippen LogP contribution < -0.4 is 11.3 Å². The van der Waals surface area contributed by atoms with Crippen LogP contribution in [0.2, 0.25) is 0 Å². The third kappa shape index (κ3) is 2.97. The first-order valence-electron chi connectivity index (χ1n) is 7.76. The van der Waals surface area contributed by atoms with Crippen LogP contribution in [0.3, 0.4) is 0 Å². The topological polar surface area (TPSA) is 85.3 Å². The number of pyridine rings is 2. The van der Waals surface area contributed by atoms with E-state index < -0.39 is 34.9 Å². The Bertz CT molecular complexity index is 1040. The fraction of sp³-hybridized carbons (Fsp3) is 0.312. The maximum Gasteiger partial charge on any atom is 0.458 e. The second-order valence-electron chi connectivity index (χ2n) is 6.22. The number of nitrogen functional groups attached to an aromatic ring is 1. The van der Waals surface area contributed by atoms with Crippen LogP contribution in [0, 0.1) is 0 Å². The van der Waals surface area contributed by atoms with Gasteiger partial charge in [-0.2, -0.15) is 22.0 Å². The molecule has 0 unspecified atom stereocenters. The number of hydrogen-bond donors (Lipinski definition) is 2. The number of nitrogens with two attached hydrogens (primary N) is 1. The summed E-state index contributed by atoms with van der Waals surface area (Å²) in [6, 6.07) is 3.06. The molecule has 0 saturated carbocycles. The van der Waals surface area contributed by atoms with Gasteiger partial charge in [-0.25, -0.2) is 15.8 Å². The van der Waals surface area contributed by atoms with E-state index in [1.807, 2.05) is 5.43 Å². The van der Waals surface area contributed by atoms with Gasteiger partial charge in [0.1, 0.15) is 17.0 Å². The molecule has 1 amide bonds. The van der Waals surface area contributed by atoms with Gasteiger partial charge < -0.3 is 0 Å². The normalized spacial score (nSPS) is 12.9. The molecule has 27 heavy (non-hydrogen) atoms. The lowest BCUT2D eigenvalue weighted by molar-refractivity contribution is -0.288. The van der Waals surface area contributed by atoms with E-state index in [1.54, 1.807) is 13.8 Å². The molecule has 0 aliphatic heterocycles. The fourth-order valence-electron chi connectivity index (χ4n) is 2.64. The van der Waals surface area contributed by atoms with Crippen molar-refractivity contribution in [2.24, 2.45) is 5.84 Å². The summed E-state index contributed by atoms with van der Waals surface area (Å²) in [6.45, 7) is 3.23. The molecular formula is C16H14F5N5O. The number of hydrogen-bond acceptors (Lipinski definition) is 4. The van der Waals surface area contributed by atoms with Gasteiger partial charge >= 0.3 is 12.1 Å². The van der Waals surface area contributed by atoms with E-state index in [2.05, 4.69) is 9.97 Å². The quantitative estimate of drug-likeness (QED) is 0.313. The van der Waals surface area contributed by atoms with Crippen molar-refractivity contribution >= 4 is 22.6 Å². The van der Waals surface area contributed by atoms with Crippen molar-refractivity contribution in [3.8, 4) is 0 Å². The third-order valence-electron chi connectivity index (χ3n) is 4.07. The fourth-order valence-corrected chi connectivity index (χ4v) is 2.64. The molecule has 3 aromatic rings. The number of nitrogens with zero attached hydrogens (tertiary/aromatic N) is 3. The third-order valence-corrected chi connectivity index (χ3v) is 4.07. The van der Waals surface area contributed by atoms with Gasteiger partial charge in [-0.1, -0.05) is 13.8 Å². The van der Waals surface area contributed by atoms with Gasteiger partial charge in [-0.05, 0) is 24.1 Å². The average Bonchev–Trinajstić information content (AvgIpc) is 3.03. The highest BCUT2D eigenvalue weighted by Gasteiger charge is 2.59. The molecule has 6 nitrogen and oxygen atoms in total. The number of nitrogens with one attached hydrogen (secondary N) is 1. The van der Waals surface area contributed by atoms with E-state index in [1.165, 1.54) is 16.7 Å². The molecule has 0 atom stereocenters. The molecular weight excluding hydrogens is 373 g/mol. The first kappa shape index (κ1) is 19.0. The first-order valence-corrected chi connectivity index (χ1v) is 7.76. The monoisotopic (exact) mass is 387 g/mol. The number of alkyl halides is 5. The molecule has 0 aliphatic rings. The van der Waals surface area contributed by atoms with Crippen LogP contribution in [0.15, 0.2) is 24.4 Å². The van der Waals surface area contributed by atoms with Gasteiger partial charge in [-0.3, -0.25) is 14.6 Å². The molecule has 0 radical (unpaired) electrons. The number of aromatic nitrogens is 3. The number of imidazole rings is 1. The number of fused-ring (bicyclic) bond motifs is 3. The van der Waals surface area contributed by atoms with Gasteiger partial charge in [0.15, 0.2) is 0 Å². The molecule has 3 aromatic heterocycles. The zero-order valence-electron chi connectivity index (χ0n) is 14.1.